The van der Waals surface area contributed by atoms with Gasteiger partial charge in [-0.05, 0) is 51.6 Å². The van der Waals surface area contributed by atoms with Gasteiger partial charge in [-0.3, -0.25) is 20.9 Å². The van der Waals surface area contributed by atoms with E-state index >= 15 is 0 Å². The zero-order chi connectivity index (χ0) is 15.4. The highest BCUT2D eigenvalue weighted by Gasteiger charge is 2.12. The average Bonchev–Trinajstić information content (AvgIpc) is 2.83. The van der Waals surface area contributed by atoms with Gasteiger partial charge < -0.3 is 5.43 Å². The molecule has 6 nitrogen and oxygen atoms in total. The minimum absolute atomic E-state index is 0.0654. The largest absolute Gasteiger partial charge is 0.324 e. The van der Waals surface area contributed by atoms with Crippen molar-refractivity contribution in [3.63, 3.8) is 0 Å². The van der Waals surface area contributed by atoms with Crippen molar-refractivity contribution in [2.75, 3.05) is 12.5 Å². The highest BCUT2D eigenvalue weighted by molar-refractivity contribution is 9.11. The summed E-state index contributed by atoms with van der Waals surface area (Å²) in [6.07, 6.45) is 0. The van der Waals surface area contributed by atoms with Gasteiger partial charge in [0.25, 0.3) is 5.69 Å². The molecule has 2 rings (SSSR count). The van der Waals surface area contributed by atoms with Crippen LogP contribution in [0.3, 0.4) is 0 Å². The number of nitrogens with two attached hydrogens (primary N) is 1. The Hall–Kier alpha value is -1.48. The number of nitrogens with one attached hydrogen (secondary N) is 1. The van der Waals surface area contributed by atoms with Crippen LogP contribution in [0.4, 0.5) is 11.4 Å². The second-order valence-electron chi connectivity index (χ2n) is 4.67. The molecule has 0 aliphatic rings. The second-order valence-corrected chi connectivity index (χ2v) is 6.96. The van der Waals surface area contributed by atoms with E-state index in [1.165, 1.54) is 11.6 Å². The van der Waals surface area contributed by atoms with Crippen LogP contribution in [-0.4, -0.2) is 16.9 Å². The maximum atomic E-state index is 10.9. The van der Waals surface area contributed by atoms with E-state index in [0.717, 1.165) is 15.9 Å². The molecule has 2 aromatic rings. The number of hydrogen-bond donors (Lipinski definition) is 2. The number of thiophene rings is 1. The monoisotopic (exact) mass is 370 g/mol. The van der Waals surface area contributed by atoms with E-state index in [9.17, 15) is 10.1 Å². The predicted octanol–water partition coefficient (Wildman–Crippen LogP) is 3.34. The molecule has 112 valence electrons. The van der Waals surface area contributed by atoms with Crippen molar-refractivity contribution < 1.29 is 4.92 Å². The minimum Gasteiger partial charge on any atom is -0.324 e. The van der Waals surface area contributed by atoms with E-state index in [1.807, 2.05) is 7.05 Å². The van der Waals surface area contributed by atoms with Gasteiger partial charge in [0.15, 0.2) is 0 Å². The van der Waals surface area contributed by atoms with Gasteiger partial charge in [0.05, 0.1) is 14.4 Å². The lowest BCUT2D eigenvalue weighted by Crippen LogP contribution is -2.19. The van der Waals surface area contributed by atoms with Gasteiger partial charge in [-0.25, -0.2) is 0 Å². The van der Waals surface area contributed by atoms with Crippen LogP contribution < -0.4 is 11.3 Å². The van der Waals surface area contributed by atoms with E-state index < -0.39 is 4.92 Å². The van der Waals surface area contributed by atoms with Crippen molar-refractivity contribution in [1.29, 1.82) is 0 Å². The first kappa shape index (κ1) is 15.9. The summed E-state index contributed by atoms with van der Waals surface area (Å²) >= 11 is 5.07. The van der Waals surface area contributed by atoms with Crippen LogP contribution in [-0.2, 0) is 13.1 Å². The van der Waals surface area contributed by atoms with Crippen molar-refractivity contribution >= 4 is 38.6 Å². The maximum absolute atomic E-state index is 10.9. The Morgan fingerprint density at radius 2 is 2.19 bits per heavy atom. The lowest BCUT2D eigenvalue weighted by atomic mass is 10.1. The van der Waals surface area contributed by atoms with Crippen molar-refractivity contribution in [2.45, 2.75) is 13.1 Å². The van der Waals surface area contributed by atoms with Gasteiger partial charge in [0.2, 0.25) is 0 Å². The van der Waals surface area contributed by atoms with Crippen molar-refractivity contribution in [2.24, 2.45) is 5.84 Å². The minimum atomic E-state index is -0.403. The Bertz CT molecular complexity index is 647. The van der Waals surface area contributed by atoms with Crippen LogP contribution in [0.25, 0.3) is 0 Å². The van der Waals surface area contributed by atoms with Crippen LogP contribution >= 0.6 is 27.3 Å². The molecule has 0 aliphatic heterocycles. The SMILES string of the molecule is CN(Cc1csc(Br)c1)Cc1cc([N+](=O)[O-])ccc1NN. The third kappa shape index (κ3) is 4.24. The highest BCUT2D eigenvalue weighted by atomic mass is 79.9. The zero-order valence-corrected chi connectivity index (χ0v) is 13.8. The molecule has 0 saturated heterocycles. The summed E-state index contributed by atoms with van der Waals surface area (Å²) in [7, 11) is 1.96. The van der Waals surface area contributed by atoms with Crippen LogP contribution in [0.5, 0.6) is 0 Å². The number of nitro groups is 1. The topological polar surface area (TPSA) is 84.4 Å². The third-order valence-electron chi connectivity index (χ3n) is 2.97. The van der Waals surface area contributed by atoms with Gasteiger partial charge in [-0.15, -0.1) is 11.3 Å². The molecule has 21 heavy (non-hydrogen) atoms. The lowest BCUT2D eigenvalue weighted by Gasteiger charge is -2.18. The quantitative estimate of drug-likeness (QED) is 0.462. The molecule has 3 N–H and O–H groups in total. The normalized spacial score (nSPS) is 10.9. The lowest BCUT2D eigenvalue weighted by molar-refractivity contribution is -0.384. The molecule has 0 fully saturated rings. The summed E-state index contributed by atoms with van der Waals surface area (Å²) in [4.78, 5) is 12.5. The summed E-state index contributed by atoms with van der Waals surface area (Å²) in [5, 5.41) is 12.9. The Morgan fingerprint density at radius 1 is 1.43 bits per heavy atom. The van der Waals surface area contributed by atoms with Crippen molar-refractivity contribution in [3.8, 4) is 0 Å². The molecule has 0 bridgehead atoms. The number of nitrogen functional groups attached to an aromatic ring is 1. The Labute approximate surface area is 134 Å². The molecule has 1 heterocycles. The summed E-state index contributed by atoms with van der Waals surface area (Å²) in [5.41, 5.74) is 5.33. The number of nitrogens with zero attached hydrogens (tertiary/aromatic N) is 2. The van der Waals surface area contributed by atoms with E-state index in [4.69, 9.17) is 5.84 Å². The van der Waals surface area contributed by atoms with E-state index in [0.29, 0.717) is 12.2 Å². The molecular formula is C13H15BrN4O2S. The van der Waals surface area contributed by atoms with Crippen molar-refractivity contribution in [1.82, 2.24) is 4.90 Å². The van der Waals surface area contributed by atoms with Gasteiger partial charge >= 0.3 is 0 Å². The predicted molar refractivity (Wildman–Crippen MR) is 88.1 cm³/mol. The molecule has 0 saturated carbocycles. The first-order chi connectivity index (χ1) is 9.99. The van der Waals surface area contributed by atoms with Crippen LogP contribution in [0.1, 0.15) is 11.1 Å². The summed E-state index contributed by atoms with van der Waals surface area (Å²) in [6.45, 7) is 1.32. The number of rotatable bonds is 6. The van der Waals surface area contributed by atoms with Gasteiger partial charge in [0.1, 0.15) is 0 Å². The molecule has 1 aromatic carbocycles. The number of nitro benzene ring substituents is 1. The molecule has 1 aromatic heterocycles. The van der Waals surface area contributed by atoms with Gasteiger partial charge in [0, 0.05) is 25.2 Å². The second kappa shape index (κ2) is 6.99. The summed E-state index contributed by atoms with van der Waals surface area (Å²) < 4.78 is 1.09. The Balaban J connectivity index is 2.13. The highest BCUT2D eigenvalue weighted by Crippen LogP contribution is 2.25. The molecule has 8 heteroatoms. The molecule has 0 amide bonds. The van der Waals surface area contributed by atoms with E-state index in [2.05, 4.69) is 37.7 Å². The standard InChI is InChI=1S/C13H15BrN4O2S/c1-17(6-9-4-13(14)21-8-9)7-10-5-11(18(19)20)2-3-12(10)16-15/h2-5,8,16H,6-7,15H2,1H3. The molecule has 0 atom stereocenters. The number of non-ortho nitro benzene ring substituents is 1. The fraction of sp³-hybridized carbons (Fsp3) is 0.231. The Morgan fingerprint density at radius 3 is 2.76 bits per heavy atom. The number of anilines is 1. The fourth-order valence-electron chi connectivity index (χ4n) is 2.05. The van der Waals surface area contributed by atoms with E-state index in [1.54, 1.807) is 23.5 Å². The fourth-order valence-corrected chi connectivity index (χ4v) is 3.25. The van der Waals surface area contributed by atoms with Crippen LogP contribution in [0.15, 0.2) is 33.4 Å². The van der Waals surface area contributed by atoms with Crippen LogP contribution in [0.2, 0.25) is 0 Å². The smallest absolute Gasteiger partial charge is 0.269 e. The first-order valence-corrected chi connectivity index (χ1v) is 7.82. The van der Waals surface area contributed by atoms with Gasteiger partial charge in [-0.2, -0.15) is 0 Å². The maximum Gasteiger partial charge on any atom is 0.269 e. The number of hydrogen-bond acceptors (Lipinski definition) is 6. The van der Waals surface area contributed by atoms with Crippen molar-refractivity contribution in [3.05, 3.63) is 54.7 Å². The summed E-state index contributed by atoms with van der Waals surface area (Å²) in [5.74, 6) is 5.47. The average molecular weight is 371 g/mol. The number of benzene rings is 1. The zero-order valence-electron chi connectivity index (χ0n) is 11.4. The summed E-state index contributed by atoms with van der Waals surface area (Å²) in [6, 6.07) is 6.68. The van der Waals surface area contributed by atoms with Gasteiger partial charge in [-0.1, -0.05) is 0 Å². The van der Waals surface area contributed by atoms with Crippen LogP contribution in [0, 0.1) is 10.1 Å². The number of hydrazine groups is 1. The van der Waals surface area contributed by atoms with E-state index in [-0.39, 0.29) is 5.69 Å². The molecule has 0 aliphatic carbocycles. The molecule has 0 unspecified atom stereocenters. The number of halogens is 1. The molecule has 0 radical (unpaired) electrons. The Kier molecular flexibility index (Phi) is 5.29. The first-order valence-electron chi connectivity index (χ1n) is 6.15. The third-order valence-corrected chi connectivity index (χ3v) is 4.52. The molecular weight excluding hydrogens is 356 g/mol. The molecule has 0 spiro atoms.